The summed E-state index contributed by atoms with van der Waals surface area (Å²) in [7, 11) is 0. The highest BCUT2D eigenvalue weighted by Gasteiger charge is 1.99. The van der Waals surface area contributed by atoms with Crippen molar-refractivity contribution < 1.29 is 0 Å². The van der Waals surface area contributed by atoms with Crippen LogP contribution in [0.4, 0.5) is 0 Å². The van der Waals surface area contributed by atoms with Crippen LogP contribution in [0.25, 0.3) is 11.3 Å². The van der Waals surface area contributed by atoms with Crippen molar-refractivity contribution in [3.8, 4) is 0 Å². The smallest absolute Gasteiger partial charge is 0.197 e. The van der Waals surface area contributed by atoms with E-state index in [1.807, 2.05) is 13.8 Å². The van der Waals surface area contributed by atoms with E-state index in [0.29, 0.717) is 5.65 Å². The first-order chi connectivity index (χ1) is 5.25. The largest absolute Gasteiger partial charge is 0.325 e. The molecule has 1 N–H and O–H groups in total. The highest BCUT2D eigenvalue weighted by molar-refractivity contribution is 5.64. The highest BCUT2D eigenvalue weighted by atomic mass is 15.0. The van der Waals surface area contributed by atoms with Crippen LogP contribution in [0, 0.1) is 13.8 Å². The van der Waals surface area contributed by atoms with Gasteiger partial charge in [0, 0.05) is 0 Å². The van der Waals surface area contributed by atoms with Gasteiger partial charge in [0.25, 0.3) is 0 Å². The van der Waals surface area contributed by atoms with Crippen molar-refractivity contribution in [3.05, 3.63) is 17.7 Å². The zero-order valence-corrected chi connectivity index (χ0v) is 6.42. The van der Waals surface area contributed by atoms with Crippen molar-refractivity contribution >= 4 is 11.3 Å². The van der Waals surface area contributed by atoms with Crippen LogP contribution >= 0.6 is 0 Å². The minimum atomic E-state index is 0.688. The van der Waals surface area contributed by atoms with Crippen molar-refractivity contribution in [1.82, 2.24) is 19.9 Å². The van der Waals surface area contributed by atoms with Crippen molar-refractivity contribution in [2.75, 3.05) is 0 Å². The molecule has 4 heteroatoms. The molecule has 0 aliphatic rings. The molecule has 2 rings (SSSR count). The van der Waals surface area contributed by atoms with Gasteiger partial charge in [0.05, 0.1) is 11.9 Å². The summed E-state index contributed by atoms with van der Waals surface area (Å²) in [6, 6.07) is 0. The summed E-state index contributed by atoms with van der Waals surface area (Å²) in [5.74, 6) is 0.852. The second kappa shape index (κ2) is 2.02. The van der Waals surface area contributed by atoms with E-state index in [4.69, 9.17) is 0 Å². The molecule has 2 aromatic heterocycles. The lowest BCUT2D eigenvalue weighted by atomic mass is 10.5. The van der Waals surface area contributed by atoms with Crippen molar-refractivity contribution in [2.24, 2.45) is 0 Å². The molecule has 0 atom stereocenters. The number of fused-ring (bicyclic) bond motifs is 1. The summed E-state index contributed by atoms with van der Waals surface area (Å²) in [4.78, 5) is 15.5. The van der Waals surface area contributed by atoms with Crippen LogP contribution in [0.5, 0.6) is 0 Å². The number of imidazole rings is 1. The number of H-pyrrole nitrogens is 1. The van der Waals surface area contributed by atoms with Crippen LogP contribution in [0.2, 0.25) is 0 Å². The predicted molar refractivity (Wildman–Crippen MR) is 41.2 cm³/mol. The molecule has 0 unspecified atom stereocenters. The molecular weight excluding hydrogens is 140 g/mol. The van der Waals surface area contributed by atoms with Gasteiger partial charge in [-0.25, -0.2) is 15.0 Å². The van der Waals surface area contributed by atoms with Crippen LogP contribution in [0.3, 0.4) is 0 Å². The number of hydrogen-bond donors (Lipinski definition) is 1. The van der Waals surface area contributed by atoms with Crippen molar-refractivity contribution in [2.45, 2.75) is 13.8 Å². The molecule has 0 bridgehead atoms. The lowest BCUT2D eigenvalue weighted by Gasteiger charge is -1.87. The Labute approximate surface area is 63.7 Å². The molecule has 4 nitrogen and oxygen atoms in total. The Morgan fingerprint density at radius 3 is 2.91 bits per heavy atom. The van der Waals surface area contributed by atoms with Crippen LogP contribution in [-0.4, -0.2) is 19.9 Å². The van der Waals surface area contributed by atoms with Crippen LogP contribution in [-0.2, 0) is 0 Å². The van der Waals surface area contributed by atoms with E-state index in [1.54, 1.807) is 6.20 Å². The van der Waals surface area contributed by atoms with Gasteiger partial charge in [-0.1, -0.05) is 0 Å². The molecule has 2 heterocycles. The second-order valence-corrected chi connectivity index (χ2v) is 2.51. The quantitative estimate of drug-likeness (QED) is 0.605. The van der Waals surface area contributed by atoms with Gasteiger partial charge in [-0.3, -0.25) is 0 Å². The Morgan fingerprint density at radius 1 is 1.27 bits per heavy atom. The van der Waals surface area contributed by atoms with Crippen molar-refractivity contribution in [3.63, 3.8) is 0 Å². The lowest BCUT2D eigenvalue weighted by Crippen LogP contribution is -1.84. The van der Waals surface area contributed by atoms with E-state index in [-0.39, 0.29) is 0 Å². The Morgan fingerprint density at radius 2 is 2.09 bits per heavy atom. The molecule has 2 aromatic rings. The van der Waals surface area contributed by atoms with E-state index in [1.165, 1.54) is 0 Å². The number of rotatable bonds is 0. The lowest BCUT2D eigenvalue weighted by molar-refractivity contribution is 1.15. The Kier molecular flexibility index (Phi) is 1.15. The number of aromatic nitrogens is 4. The second-order valence-electron chi connectivity index (χ2n) is 2.51. The maximum atomic E-state index is 4.22. The molecule has 0 spiro atoms. The van der Waals surface area contributed by atoms with E-state index in [9.17, 15) is 0 Å². The van der Waals surface area contributed by atoms with Gasteiger partial charge < -0.3 is 4.98 Å². The molecule has 0 radical (unpaired) electrons. The minimum Gasteiger partial charge on any atom is -0.325 e. The number of hydrogen-bond acceptors (Lipinski definition) is 3. The fourth-order valence-electron chi connectivity index (χ4n) is 0.995. The van der Waals surface area contributed by atoms with Gasteiger partial charge >= 0.3 is 0 Å². The fourth-order valence-corrected chi connectivity index (χ4v) is 0.995. The van der Waals surface area contributed by atoms with E-state index in [2.05, 4.69) is 19.9 Å². The first-order valence-corrected chi connectivity index (χ1v) is 3.41. The monoisotopic (exact) mass is 148 g/mol. The molecular formula is C7H8N4. The van der Waals surface area contributed by atoms with E-state index in [0.717, 1.165) is 17.2 Å². The summed E-state index contributed by atoms with van der Waals surface area (Å²) in [5, 5.41) is 0. The molecule has 0 aliphatic carbocycles. The summed E-state index contributed by atoms with van der Waals surface area (Å²) in [5.41, 5.74) is 2.36. The topological polar surface area (TPSA) is 54.5 Å². The van der Waals surface area contributed by atoms with Crippen LogP contribution < -0.4 is 0 Å². The van der Waals surface area contributed by atoms with Gasteiger partial charge in [0.2, 0.25) is 0 Å². The minimum absolute atomic E-state index is 0.688. The molecule has 0 fully saturated rings. The van der Waals surface area contributed by atoms with Crippen LogP contribution in [0.15, 0.2) is 6.20 Å². The fraction of sp³-hybridized carbons (Fsp3) is 0.286. The molecule has 56 valence electrons. The molecule has 11 heavy (non-hydrogen) atoms. The van der Waals surface area contributed by atoms with E-state index >= 15 is 0 Å². The van der Waals surface area contributed by atoms with Gasteiger partial charge in [-0.05, 0) is 13.8 Å². The first kappa shape index (κ1) is 6.27. The zero-order valence-electron chi connectivity index (χ0n) is 6.42. The predicted octanol–water partition coefficient (Wildman–Crippen LogP) is 0.970. The number of aryl methyl sites for hydroxylation is 2. The summed E-state index contributed by atoms with van der Waals surface area (Å²) in [6.07, 6.45) is 1.71. The SMILES string of the molecule is Cc1cnc2nc(C)[nH]c2n1. The van der Waals surface area contributed by atoms with Crippen molar-refractivity contribution in [1.29, 1.82) is 0 Å². The zero-order chi connectivity index (χ0) is 7.84. The average Bonchev–Trinajstić information content (AvgIpc) is 2.27. The average molecular weight is 148 g/mol. The van der Waals surface area contributed by atoms with Gasteiger partial charge in [-0.15, -0.1) is 0 Å². The van der Waals surface area contributed by atoms with Gasteiger partial charge in [-0.2, -0.15) is 0 Å². The Bertz CT molecular complexity index is 390. The number of nitrogens with one attached hydrogen (secondary N) is 1. The third-order valence-electron chi connectivity index (χ3n) is 1.45. The maximum absolute atomic E-state index is 4.22. The molecule has 0 aliphatic heterocycles. The maximum Gasteiger partial charge on any atom is 0.197 e. The van der Waals surface area contributed by atoms with Gasteiger partial charge in [0.15, 0.2) is 11.3 Å². The third kappa shape index (κ3) is 0.960. The molecule has 0 saturated heterocycles. The first-order valence-electron chi connectivity index (χ1n) is 3.41. The Balaban J connectivity index is 2.82. The molecule has 0 saturated carbocycles. The summed E-state index contributed by atoms with van der Waals surface area (Å²) in [6.45, 7) is 3.79. The summed E-state index contributed by atoms with van der Waals surface area (Å²) >= 11 is 0. The van der Waals surface area contributed by atoms with Gasteiger partial charge in [0.1, 0.15) is 5.82 Å². The third-order valence-corrected chi connectivity index (χ3v) is 1.45. The summed E-state index contributed by atoms with van der Waals surface area (Å²) < 4.78 is 0. The highest BCUT2D eigenvalue weighted by Crippen LogP contribution is 2.04. The normalized spacial score (nSPS) is 10.7. The Hall–Kier alpha value is -1.45. The van der Waals surface area contributed by atoms with Crippen LogP contribution in [0.1, 0.15) is 11.5 Å². The van der Waals surface area contributed by atoms with E-state index < -0.39 is 0 Å². The number of aromatic amines is 1. The molecule has 0 amide bonds. The standard InChI is InChI=1S/C7H8N4/c1-4-3-8-6-7(9-4)11-5(2)10-6/h3H,1-2H3,(H,8,9,10,11). The number of nitrogens with zero attached hydrogens (tertiary/aromatic N) is 3. The molecule has 0 aromatic carbocycles.